The van der Waals surface area contributed by atoms with Crippen molar-refractivity contribution in [2.75, 3.05) is 19.0 Å². The molecular formula is C16H20N2O5S2. The minimum Gasteiger partial charge on any atom is -0.465 e. The van der Waals surface area contributed by atoms with Gasteiger partial charge in [0.25, 0.3) is 5.56 Å². The third kappa shape index (κ3) is 4.40. The molecule has 0 spiro atoms. The highest BCUT2D eigenvalue weighted by Crippen LogP contribution is 2.30. The summed E-state index contributed by atoms with van der Waals surface area (Å²) in [6, 6.07) is 0. The molecule has 0 aliphatic heterocycles. The van der Waals surface area contributed by atoms with Crippen molar-refractivity contribution >= 4 is 45.3 Å². The van der Waals surface area contributed by atoms with Crippen LogP contribution in [-0.2, 0) is 14.3 Å². The predicted octanol–water partition coefficient (Wildman–Crippen LogP) is 2.83. The Labute approximate surface area is 153 Å². The Hall–Kier alpha value is -1.87. The number of ether oxygens (including phenoxy) is 2. The molecule has 0 amide bonds. The highest BCUT2D eigenvalue weighted by Gasteiger charge is 2.21. The lowest BCUT2D eigenvalue weighted by molar-refractivity contribution is -0.139. The standard InChI is InChI=1S/C16H20N2O5S2/c1-5-22-10(19)7-24-9(4)13-17-14(20)11-8(3)12(16(21)23-6-2)25-15(11)18-13/h9H,5-7H2,1-4H3,(H,17,18,20)/t9-/m0/s1. The maximum absolute atomic E-state index is 12.4. The number of nitrogens with one attached hydrogen (secondary N) is 1. The molecule has 0 saturated heterocycles. The molecule has 2 aromatic rings. The van der Waals surface area contributed by atoms with E-state index in [-0.39, 0.29) is 29.1 Å². The first-order valence-electron chi connectivity index (χ1n) is 7.86. The van der Waals surface area contributed by atoms with Gasteiger partial charge in [-0.3, -0.25) is 9.59 Å². The summed E-state index contributed by atoms with van der Waals surface area (Å²) in [5.74, 6) is -0.120. The van der Waals surface area contributed by atoms with Gasteiger partial charge >= 0.3 is 11.9 Å². The highest BCUT2D eigenvalue weighted by atomic mass is 32.2. The Morgan fingerprint density at radius 3 is 2.60 bits per heavy atom. The minimum absolute atomic E-state index is 0.175. The Morgan fingerprint density at radius 1 is 1.28 bits per heavy atom. The topological polar surface area (TPSA) is 98.3 Å². The predicted molar refractivity (Wildman–Crippen MR) is 98.4 cm³/mol. The molecule has 0 radical (unpaired) electrons. The normalized spacial score (nSPS) is 12.2. The number of carbonyl (C=O) groups is 2. The number of aryl methyl sites for hydroxylation is 1. The average molecular weight is 384 g/mol. The van der Waals surface area contributed by atoms with Gasteiger partial charge in [0.15, 0.2) is 0 Å². The molecule has 2 heterocycles. The highest BCUT2D eigenvalue weighted by molar-refractivity contribution is 8.00. The van der Waals surface area contributed by atoms with Gasteiger partial charge in [0.1, 0.15) is 15.5 Å². The molecule has 0 aliphatic carbocycles. The van der Waals surface area contributed by atoms with Crippen LogP contribution in [0.2, 0.25) is 0 Å². The van der Waals surface area contributed by atoms with Gasteiger partial charge < -0.3 is 14.5 Å². The van der Waals surface area contributed by atoms with Crippen LogP contribution in [0.1, 0.15) is 47.1 Å². The lowest BCUT2D eigenvalue weighted by Crippen LogP contribution is -2.14. The molecule has 1 atom stereocenters. The fourth-order valence-corrected chi connectivity index (χ4v) is 4.04. The van der Waals surface area contributed by atoms with Crippen molar-refractivity contribution in [2.45, 2.75) is 32.9 Å². The van der Waals surface area contributed by atoms with E-state index >= 15 is 0 Å². The van der Waals surface area contributed by atoms with Crippen molar-refractivity contribution in [3.8, 4) is 0 Å². The van der Waals surface area contributed by atoms with Gasteiger partial charge in [0.05, 0.1) is 29.6 Å². The summed E-state index contributed by atoms with van der Waals surface area (Å²) < 4.78 is 9.91. The number of nitrogens with zero attached hydrogens (tertiary/aromatic N) is 1. The molecule has 0 aromatic carbocycles. The van der Waals surface area contributed by atoms with Gasteiger partial charge in [0, 0.05) is 0 Å². The zero-order valence-electron chi connectivity index (χ0n) is 14.5. The molecule has 1 N–H and O–H groups in total. The number of H-pyrrole nitrogens is 1. The number of fused-ring (bicyclic) bond motifs is 1. The molecule has 136 valence electrons. The van der Waals surface area contributed by atoms with E-state index < -0.39 is 5.97 Å². The first kappa shape index (κ1) is 19.5. The van der Waals surface area contributed by atoms with Crippen LogP contribution in [0.3, 0.4) is 0 Å². The summed E-state index contributed by atoms with van der Waals surface area (Å²) in [4.78, 5) is 44.0. The van der Waals surface area contributed by atoms with E-state index in [0.717, 1.165) is 11.3 Å². The number of carbonyl (C=O) groups excluding carboxylic acids is 2. The van der Waals surface area contributed by atoms with Gasteiger partial charge in [-0.25, -0.2) is 9.78 Å². The van der Waals surface area contributed by atoms with Crippen molar-refractivity contribution in [2.24, 2.45) is 0 Å². The Morgan fingerprint density at radius 2 is 1.96 bits per heavy atom. The molecule has 2 aromatic heterocycles. The number of thioether (sulfide) groups is 1. The first-order valence-corrected chi connectivity index (χ1v) is 9.73. The fourth-order valence-electron chi connectivity index (χ4n) is 2.22. The zero-order valence-corrected chi connectivity index (χ0v) is 16.1. The summed E-state index contributed by atoms with van der Waals surface area (Å²) in [6.07, 6.45) is 0. The number of esters is 2. The van der Waals surface area contributed by atoms with Crippen LogP contribution >= 0.6 is 23.1 Å². The fraction of sp³-hybridized carbons (Fsp3) is 0.500. The summed E-state index contributed by atoms with van der Waals surface area (Å²) in [7, 11) is 0. The van der Waals surface area contributed by atoms with E-state index in [4.69, 9.17) is 9.47 Å². The summed E-state index contributed by atoms with van der Waals surface area (Å²) in [5, 5.41) is 0.203. The Bertz CT molecular complexity index is 843. The summed E-state index contributed by atoms with van der Waals surface area (Å²) in [6.45, 7) is 7.63. The molecule has 0 saturated carbocycles. The number of aromatic nitrogens is 2. The number of aromatic amines is 1. The third-order valence-corrected chi connectivity index (χ3v) is 5.71. The lowest BCUT2D eigenvalue weighted by Gasteiger charge is -2.10. The van der Waals surface area contributed by atoms with E-state index in [1.165, 1.54) is 11.8 Å². The molecule has 0 aliphatic rings. The van der Waals surface area contributed by atoms with Crippen LogP contribution in [0.15, 0.2) is 4.79 Å². The van der Waals surface area contributed by atoms with E-state index in [0.29, 0.717) is 33.1 Å². The van der Waals surface area contributed by atoms with Gasteiger partial charge in [-0.15, -0.1) is 23.1 Å². The van der Waals surface area contributed by atoms with Crippen LogP contribution in [0, 0.1) is 6.92 Å². The van der Waals surface area contributed by atoms with E-state index in [1.807, 2.05) is 6.92 Å². The molecule has 0 unspecified atom stereocenters. The quantitative estimate of drug-likeness (QED) is 0.733. The maximum Gasteiger partial charge on any atom is 0.348 e. The van der Waals surface area contributed by atoms with Gasteiger partial charge in [-0.2, -0.15) is 0 Å². The molecule has 2 rings (SSSR count). The molecule has 0 bridgehead atoms. The van der Waals surface area contributed by atoms with Crippen molar-refractivity contribution in [1.82, 2.24) is 9.97 Å². The third-order valence-electron chi connectivity index (χ3n) is 3.42. The van der Waals surface area contributed by atoms with Crippen LogP contribution in [0.5, 0.6) is 0 Å². The van der Waals surface area contributed by atoms with Crippen LogP contribution in [0.4, 0.5) is 0 Å². The van der Waals surface area contributed by atoms with Gasteiger partial charge in [0.2, 0.25) is 0 Å². The van der Waals surface area contributed by atoms with Crippen LogP contribution < -0.4 is 5.56 Å². The summed E-state index contributed by atoms with van der Waals surface area (Å²) >= 11 is 2.47. The second kappa shape index (κ2) is 8.48. The van der Waals surface area contributed by atoms with Crippen LogP contribution in [0.25, 0.3) is 10.2 Å². The van der Waals surface area contributed by atoms with Gasteiger partial charge in [-0.1, -0.05) is 0 Å². The molecule has 7 nitrogen and oxygen atoms in total. The van der Waals surface area contributed by atoms with Crippen molar-refractivity contribution in [3.63, 3.8) is 0 Å². The SMILES string of the molecule is CCOC(=O)CS[C@@H](C)c1nc2sc(C(=O)OCC)c(C)c2c(=O)[nH]1. The minimum atomic E-state index is -0.450. The number of thiophene rings is 1. The van der Waals surface area contributed by atoms with Crippen molar-refractivity contribution in [1.29, 1.82) is 0 Å². The monoisotopic (exact) mass is 384 g/mol. The summed E-state index contributed by atoms with van der Waals surface area (Å²) in [5.41, 5.74) is 0.276. The molecule has 25 heavy (non-hydrogen) atoms. The van der Waals surface area contributed by atoms with E-state index in [2.05, 4.69) is 9.97 Å². The number of hydrogen-bond acceptors (Lipinski definition) is 8. The van der Waals surface area contributed by atoms with Gasteiger partial charge in [-0.05, 0) is 33.3 Å². The number of rotatable bonds is 7. The van der Waals surface area contributed by atoms with Crippen LogP contribution in [-0.4, -0.2) is 40.9 Å². The Balaban J connectivity index is 2.30. The first-order chi connectivity index (χ1) is 11.9. The zero-order chi connectivity index (χ0) is 18.6. The molecule has 0 fully saturated rings. The number of hydrogen-bond donors (Lipinski definition) is 1. The van der Waals surface area contributed by atoms with Crippen molar-refractivity contribution in [3.05, 3.63) is 26.6 Å². The largest absolute Gasteiger partial charge is 0.465 e. The van der Waals surface area contributed by atoms with Crippen molar-refractivity contribution < 1.29 is 19.1 Å². The maximum atomic E-state index is 12.4. The smallest absolute Gasteiger partial charge is 0.348 e. The molecular weight excluding hydrogens is 364 g/mol. The second-order valence-corrected chi connectivity index (χ2v) is 7.49. The van der Waals surface area contributed by atoms with E-state index in [9.17, 15) is 14.4 Å². The second-order valence-electron chi connectivity index (χ2n) is 5.17. The lowest BCUT2D eigenvalue weighted by atomic mass is 10.2. The Kier molecular flexibility index (Phi) is 6.60. The molecule has 9 heteroatoms. The van der Waals surface area contributed by atoms with E-state index in [1.54, 1.807) is 20.8 Å². The average Bonchev–Trinajstić information content (AvgIpc) is 2.90.